The molecule has 0 atom stereocenters. The zero-order valence-corrected chi connectivity index (χ0v) is 16.0. The third-order valence-corrected chi connectivity index (χ3v) is 4.42. The van der Waals surface area contributed by atoms with Gasteiger partial charge in [-0.2, -0.15) is 5.10 Å². The first-order valence-electron chi connectivity index (χ1n) is 8.92. The Bertz CT molecular complexity index is 518. The second kappa shape index (κ2) is 13.3. The molecule has 0 radical (unpaired) electrons. The third kappa shape index (κ3) is 9.29. The summed E-state index contributed by atoms with van der Waals surface area (Å²) in [5.41, 5.74) is 2.87. The van der Waals surface area contributed by atoms with Gasteiger partial charge in [-0.15, -0.1) is 0 Å². The third-order valence-electron chi connectivity index (χ3n) is 3.87. The number of nitrogens with one attached hydrogen (secondary N) is 1. The van der Waals surface area contributed by atoms with E-state index in [-0.39, 0.29) is 5.91 Å². The summed E-state index contributed by atoms with van der Waals surface area (Å²) in [6.07, 6.45) is 14.3. The van der Waals surface area contributed by atoms with Crippen molar-refractivity contribution < 1.29 is 4.79 Å². The summed E-state index contributed by atoms with van der Waals surface area (Å²) in [6, 6.07) is 4.77. The van der Waals surface area contributed by atoms with Crippen molar-refractivity contribution in [2.24, 2.45) is 5.10 Å². The summed E-state index contributed by atoms with van der Waals surface area (Å²) < 4.78 is 0. The van der Waals surface area contributed by atoms with E-state index < -0.39 is 0 Å². The fraction of sp³-hybridized carbons (Fsp3) is 0.579. The maximum absolute atomic E-state index is 11.9. The molecule has 0 unspecified atom stereocenters. The van der Waals surface area contributed by atoms with E-state index >= 15 is 0 Å². The number of hydrazone groups is 1. The molecule has 0 saturated heterocycles. The van der Waals surface area contributed by atoms with Crippen LogP contribution in [0, 0.1) is 0 Å². The van der Waals surface area contributed by atoms with E-state index in [0.717, 1.165) is 12.8 Å². The lowest BCUT2D eigenvalue weighted by Crippen LogP contribution is -2.17. The fourth-order valence-corrected chi connectivity index (χ4v) is 2.94. The Hall–Kier alpha value is -1.06. The molecule has 0 bridgehead atoms. The largest absolute Gasteiger partial charge is 0.272 e. The average molecular weight is 371 g/mol. The van der Waals surface area contributed by atoms with E-state index in [0.29, 0.717) is 15.6 Å². The van der Waals surface area contributed by atoms with E-state index in [1.165, 1.54) is 51.4 Å². The molecule has 1 aromatic carbocycles. The Labute approximate surface area is 155 Å². The van der Waals surface area contributed by atoms with Gasteiger partial charge in [-0.1, -0.05) is 81.5 Å². The molecule has 0 aliphatic heterocycles. The van der Waals surface area contributed by atoms with Crippen LogP contribution in [0.4, 0.5) is 0 Å². The van der Waals surface area contributed by atoms with Crippen LogP contribution in [0.2, 0.25) is 10.0 Å². The maximum atomic E-state index is 11.9. The van der Waals surface area contributed by atoms with Crippen molar-refractivity contribution in [1.82, 2.24) is 5.43 Å². The number of benzene rings is 1. The molecule has 1 N–H and O–H groups in total. The first kappa shape index (κ1) is 21.0. The van der Waals surface area contributed by atoms with Crippen LogP contribution in [0.15, 0.2) is 23.3 Å². The number of rotatable bonds is 12. The lowest BCUT2D eigenvalue weighted by atomic mass is 10.1. The van der Waals surface area contributed by atoms with Gasteiger partial charge in [0.2, 0.25) is 0 Å². The number of carbonyl (C=O) groups is 1. The summed E-state index contributed by atoms with van der Waals surface area (Å²) in [5, 5.41) is 4.80. The topological polar surface area (TPSA) is 41.5 Å². The van der Waals surface area contributed by atoms with Crippen molar-refractivity contribution in [2.45, 2.75) is 71.1 Å². The molecule has 0 aliphatic carbocycles. The number of unbranched alkanes of at least 4 members (excludes halogenated alkanes) is 9. The highest BCUT2D eigenvalue weighted by atomic mass is 35.5. The smallest absolute Gasteiger partial charge is 0.267 e. The number of carbonyl (C=O) groups excluding carboxylic acids is 1. The van der Waals surface area contributed by atoms with Crippen LogP contribution in [-0.2, 0) is 0 Å². The predicted molar refractivity (Wildman–Crippen MR) is 104 cm³/mol. The van der Waals surface area contributed by atoms with Crippen LogP contribution in [-0.4, -0.2) is 12.1 Å². The minimum atomic E-state index is -0.319. The van der Waals surface area contributed by atoms with Crippen LogP contribution in [0.3, 0.4) is 0 Å². The quantitative estimate of drug-likeness (QED) is 0.250. The highest BCUT2D eigenvalue weighted by Crippen LogP contribution is 2.20. The fourth-order valence-electron chi connectivity index (χ4n) is 2.45. The zero-order chi connectivity index (χ0) is 17.6. The summed E-state index contributed by atoms with van der Waals surface area (Å²) in [4.78, 5) is 11.9. The summed E-state index contributed by atoms with van der Waals surface area (Å²) in [5.74, 6) is -0.319. The predicted octanol–water partition coefficient (Wildman–Crippen LogP) is 6.63. The molecule has 0 spiro atoms. The van der Waals surface area contributed by atoms with Gasteiger partial charge >= 0.3 is 0 Å². The first-order chi connectivity index (χ1) is 11.6. The Morgan fingerprint density at radius 2 is 1.67 bits per heavy atom. The van der Waals surface area contributed by atoms with E-state index in [1.807, 2.05) is 0 Å². The molecule has 134 valence electrons. The number of amides is 1. The van der Waals surface area contributed by atoms with Gasteiger partial charge in [0.05, 0.1) is 10.6 Å². The summed E-state index contributed by atoms with van der Waals surface area (Å²) >= 11 is 11.8. The molecule has 1 rings (SSSR count). The van der Waals surface area contributed by atoms with Gasteiger partial charge < -0.3 is 0 Å². The number of halogens is 2. The molecule has 1 amide bonds. The second-order valence-electron chi connectivity index (χ2n) is 5.99. The molecule has 0 aromatic heterocycles. The van der Waals surface area contributed by atoms with Gasteiger partial charge in [0.25, 0.3) is 5.91 Å². The molecule has 1 aromatic rings. The van der Waals surface area contributed by atoms with E-state index in [9.17, 15) is 4.79 Å². The highest BCUT2D eigenvalue weighted by Gasteiger charge is 2.09. The maximum Gasteiger partial charge on any atom is 0.272 e. The van der Waals surface area contributed by atoms with Gasteiger partial charge in [0, 0.05) is 11.2 Å². The monoisotopic (exact) mass is 370 g/mol. The molecule has 3 nitrogen and oxygen atoms in total. The zero-order valence-electron chi connectivity index (χ0n) is 14.5. The van der Waals surface area contributed by atoms with Crippen molar-refractivity contribution >= 4 is 35.3 Å². The number of nitrogens with zero attached hydrogens (tertiary/aromatic N) is 1. The van der Waals surface area contributed by atoms with E-state index in [2.05, 4.69) is 17.5 Å². The minimum Gasteiger partial charge on any atom is -0.267 e. The van der Waals surface area contributed by atoms with Crippen molar-refractivity contribution in [3.05, 3.63) is 33.8 Å². The molecule has 0 heterocycles. The molecular weight excluding hydrogens is 343 g/mol. The van der Waals surface area contributed by atoms with Crippen molar-refractivity contribution in [3.8, 4) is 0 Å². The van der Waals surface area contributed by atoms with Gasteiger partial charge in [-0.05, 0) is 31.0 Å². The molecule has 0 aliphatic rings. The Balaban J connectivity index is 2.06. The van der Waals surface area contributed by atoms with Gasteiger partial charge in [0.1, 0.15) is 0 Å². The van der Waals surface area contributed by atoms with Gasteiger partial charge in [-0.25, -0.2) is 5.43 Å². The van der Waals surface area contributed by atoms with Crippen LogP contribution in [0.5, 0.6) is 0 Å². The van der Waals surface area contributed by atoms with Crippen LogP contribution in [0.25, 0.3) is 0 Å². The standard InChI is InChI=1S/C19H28Cl2N2O/c1-2-3-4-5-6-7-8-9-10-11-14-22-23-19(24)17-13-12-16(20)15-18(17)21/h12-15H,2-11H2,1H3,(H,23,24)/b22-14-. The lowest BCUT2D eigenvalue weighted by Gasteiger charge is -2.03. The van der Waals surface area contributed by atoms with Crippen molar-refractivity contribution in [2.75, 3.05) is 0 Å². The summed E-state index contributed by atoms with van der Waals surface area (Å²) in [6.45, 7) is 2.24. The van der Waals surface area contributed by atoms with E-state index in [4.69, 9.17) is 23.2 Å². The number of hydrogen-bond acceptors (Lipinski definition) is 2. The minimum absolute atomic E-state index is 0.319. The second-order valence-corrected chi connectivity index (χ2v) is 6.84. The van der Waals surface area contributed by atoms with Crippen molar-refractivity contribution in [1.29, 1.82) is 0 Å². The summed E-state index contributed by atoms with van der Waals surface area (Å²) in [7, 11) is 0. The van der Waals surface area contributed by atoms with Crippen LogP contribution < -0.4 is 5.43 Å². The van der Waals surface area contributed by atoms with Crippen LogP contribution in [0.1, 0.15) is 81.5 Å². The normalized spacial score (nSPS) is 11.1. The van der Waals surface area contributed by atoms with Crippen molar-refractivity contribution in [3.63, 3.8) is 0 Å². The Kier molecular flexibility index (Phi) is 11.6. The molecular formula is C19H28Cl2N2O. The van der Waals surface area contributed by atoms with Gasteiger partial charge in [-0.3, -0.25) is 4.79 Å². The molecule has 5 heteroatoms. The van der Waals surface area contributed by atoms with Crippen LogP contribution >= 0.6 is 23.2 Å². The average Bonchev–Trinajstić information content (AvgIpc) is 2.55. The van der Waals surface area contributed by atoms with E-state index in [1.54, 1.807) is 24.4 Å². The molecule has 0 saturated carbocycles. The Morgan fingerprint density at radius 1 is 1.04 bits per heavy atom. The molecule has 0 fully saturated rings. The Morgan fingerprint density at radius 3 is 2.29 bits per heavy atom. The number of hydrogen-bond donors (Lipinski definition) is 1. The van der Waals surface area contributed by atoms with Gasteiger partial charge in [0.15, 0.2) is 0 Å². The first-order valence-corrected chi connectivity index (χ1v) is 9.67. The SMILES string of the molecule is CCCCCCCCCCC/C=N\NC(=O)c1ccc(Cl)cc1Cl. The molecule has 24 heavy (non-hydrogen) atoms. The highest BCUT2D eigenvalue weighted by molar-refractivity contribution is 6.36. The lowest BCUT2D eigenvalue weighted by molar-refractivity contribution is 0.0955.